The Bertz CT molecular complexity index is 907. The van der Waals surface area contributed by atoms with Gasteiger partial charge in [-0.25, -0.2) is 0 Å². The molecular formula is C27H34N2O2S. The van der Waals surface area contributed by atoms with E-state index >= 15 is 0 Å². The molecule has 1 fully saturated rings. The smallest absolute Gasteiger partial charge is 0.108 e. The molecule has 4 nitrogen and oxygen atoms in total. The van der Waals surface area contributed by atoms with Crippen molar-refractivity contribution < 1.29 is 9.84 Å². The molecule has 2 heterocycles. The van der Waals surface area contributed by atoms with Crippen molar-refractivity contribution in [2.75, 3.05) is 45.9 Å². The van der Waals surface area contributed by atoms with Gasteiger partial charge in [0.1, 0.15) is 6.10 Å². The summed E-state index contributed by atoms with van der Waals surface area (Å²) in [5, 5.41) is 12.3. The number of benzene rings is 2. The highest BCUT2D eigenvalue weighted by molar-refractivity contribution is 7.10. The number of hydrogen-bond acceptors (Lipinski definition) is 5. The van der Waals surface area contributed by atoms with Crippen LogP contribution in [-0.4, -0.2) is 60.8 Å². The summed E-state index contributed by atoms with van der Waals surface area (Å²) in [7, 11) is 0. The first-order valence-electron chi connectivity index (χ1n) is 11.6. The zero-order valence-electron chi connectivity index (χ0n) is 18.9. The standard InChI is InChI=1S/C27H34N2O2S/c1-22-9-11-24(12-10-22)27(23-6-3-2-4-7-23)31-20-19-29-17-15-28(16-18-29)14-13-25(30)26-8-5-21-32-26/h2-12,21,25,27,30H,13-20H2,1H3. The van der Waals surface area contributed by atoms with E-state index in [1.807, 2.05) is 17.5 Å². The van der Waals surface area contributed by atoms with Gasteiger partial charge in [0.2, 0.25) is 0 Å². The topological polar surface area (TPSA) is 35.9 Å². The molecule has 4 rings (SSSR count). The summed E-state index contributed by atoms with van der Waals surface area (Å²) in [6.45, 7) is 8.94. The van der Waals surface area contributed by atoms with Crippen LogP contribution in [0, 0.1) is 6.92 Å². The first-order chi connectivity index (χ1) is 15.7. The van der Waals surface area contributed by atoms with Crippen LogP contribution in [0.3, 0.4) is 0 Å². The highest BCUT2D eigenvalue weighted by Crippen LogP contribution is 2.26. The summed E-state index contributed by atoms with van der Waals surface area (Å²) in [5.41, 5.74) is 3.67. The van der Waals surface area contributed by atoms with Crippen LogP contribution in [0.1, 0.15) is 40.2 Å². The van der Waals surface area contributed by atoms with Crippen molar-refractivity contribution in [2.45, 2.75) is 25.6 Å². The van der Waals surface area contributed by atoms with E-state index in [1.165, 1.54) is 16.7 Å². The Hall–Kier alpha value is -2.02. The Morgan fingerprint density at radius 1 is 0.844 bits per heavy atom. The highest BCUT2D eigenvalue weighted by Gasteiger charge is 2.20. The van der Waals surface area contributed by atoms with Gasteiger partial charge in [-0.05, 0) is 35.9 Å². The number of nitrogens with zero attached hydrogens (tertiary/aromatic N) is 2. The predicted octanol–water partition coefficient (Wildman–Crippen LogP) is 4.90. The van der Waals surface area contributed by atoms with Crippen molar-refractivity contribution in [1.29, 1.82) is 0 Å². The van der Waals surface area contributed by atoms with Gasteiger partial charge in [-0.15, -0.1) is 11.3 Å². The third kappa shape index (κ3) is 6.50. The van der Waals surface area contributed by atoms with Crippen LogP contribution in [-0.2, 0) is 4.74 Å². The van der Waals surface area contributed by atoms with Gasteiger partial charge in [0.05, 0.1) is 12.7 Å². The molecule has 1 aromatic heterocycles. The Balaban J connectivity index is 1.22. The maximum atomic E-state index is 10.3. The number of aliphatic hydroxyl groups is 1. The molecule has 170 valence electrons. The van der Waals surface area contributed by atoms with E-state index in [2.05, 4.69) is 71.3 Å². The minimum Gasteiger partial charge on any atom is -0.388 e. The average Bonchev–Trinajstić information content (AvgIpc) is 3.38. The Kier molecular flexibility index (Phi) is 8.49. The number of rotatable bonds is 10. The van der Waals surface area contributed by atoms with E-state index < -0.39 is 0 Å². The molecule has 2 atom stereocenters. The SMILES string of the molecule is Cc1ccc(C(OCCN2CCN(CCC(O)c3cccs3)CC2)c2ccccc2)cc1. The second-order valence-electron chi connectivity index (χ2n) is 8.58. The normalized spacial score (nSPS) is 17.3. The molecule has 0 aliphatic carbocycles. The number of piperazine rings is 1. The lowest BCUT2D eigenvalue weighted by molar-refractivity contribution is 0.0427. The van der Waals surface area contributed by atoms with Crippen molar-refractivity contribution in [1.82, 2.24) is 9.80 Å². The third-order valence-electron chi connectivity index (χ3n) is 6.23. The van der Waals surface area contributed by atoms with Crippen molar-refractivity contribution in [3.63, 3.8) is 0 Å². The molecule has 0 spiro atoms. The average molecular weight is 451 g/mol. The summed E-state index contributed by atoms with van der Waals surface area (Å²) >= 11 is 1.64. The molecule has 3 aromatic rings. The van der Waals surface area contributed by atoms with Crippen LogP contribution in [0.25, 0.3) is 0 Å². The lowest BCUT2D eigenvalue weighted by Crippen LogP contribution is -2.47. The van der Waals surface area contributed by atoms with Crippen LogP contribution >= 0.6 is 11.3 Å². The molecule has 32 heavy (non-hydrogen) atoms. The van der Waals surface area contributed by atoms with E-state index in [0.29, 0.717) is 6.61 Å². The second-order valence-corrected chi connectivity index (χ2v) is 9.55. The molecule has 0 saturated carbocycles. The largest absolute Gasteiger partial charge is 0.388 e. The highest BCUT2D eigenvalue weighted by atomic mass is 32.1. The minimum absolute atomic E-state index is 0.0307. The molecule has 5 heteroatoms. The number of ether oxygens (including phenoxy) is 1. The van der Waals surface area contributed by atoms with E-state index in [0.717, 1.165) is 50.6 Å². The third-order valence-corrected chi connectivity index (χ3v) is 7.20. The molecule has 1 aliphatic heterocycles. The molecule has 2 unspecified atom stereocenters. The van der Waals surface area contributed by atoms with Crippen molar-refractivity contribution in [2.24, 2.45) is 0 Å². The van der Waals surface area contributed by atoms with Crippen LogP contribution in [0.15, 0.2) is 72.1 Å². The van der Waals surface area contributed by atoms with Crippen molar-refractivity contribution in [3.05, 3.63) is 93.7 Å². The van der Waals surface area contributed by atoms with E-state index in [9.17, 15) is 5.11 Å². The van der Waals surface area contributed by atoms with Gasteiger partial charge in [-0.3, -0.25) is 4.90 Å². The summed E-state index contributed by atoms with van der Waals surface area (Å²) in [5.74, 6) is 0. The van der Waals surface area contributed by atoms with Crippen molar-refractivity contribution in [3.8, 4) is 0 Å². The Morgan fingerprint density at radius 3 is 2.16 bits per heavy atom. The quantitative estimate of drug-likeness (QED) is 0.476. The van der Waals surface area contributed by atoms with Crippen LogP contribution in [0.5, 0.6) is 0 Å². The van der Waals surface area contributed by atoms with Crippen LogP contribution in [0.4, 0.5) is 0 Å². The molecule has 1 N–H and O–H groups in total. The first kappa shape index (κ1) is 23.1. The summed E-state index contributed by atoms with van der Waals surface area (Å²) in [6.07, 6.45) is 0.439. The monoisotopic (exact) mass is 450 g/mol. The lowest BCUT2D eigenvalue weighted by atomic mass is 10.0. The van der Waals surface area contributed by atoms with E-state index in [1.54, 1.807) is 11.3 Å². The fourth-order valence-electron chi connectivity index (χ4n) is 4.22. The Morgan fingerprint density at radius 2 is 1.50 bits per heavy atom. The zero-order chi connectivity index (χ0) is 22.2. The molecular weight excluding hydrogens is 416 g/mol. The van der Waals surface area contributed by atoms with Gasteiger partial charge < -0.3 is 14.7 Å². The maximum Gasteiger partial charge on any atom is 0.108 e. The number of aliphatic hydroxyl groups excluding tert-OH is 1. The Labute approximate surface area is 196 Å². The first-order valence-corrected chi connectivity index (χ1v) is 12.5. The lowest BCUT2D eigenvalue weighted by Gasteiger charge is -2.35. The van der Waals surface area contributed by atoms with Gasteiger partial charge in [0, 0.05) is 44.1 Å². The predicted molar refractivity (Wildman–Crippen MR) is 132 cm³/mol. The molecule has 0 radical (unpaired) electrons. The summed E-state index contributed by atoms with van der Waals surface area (Å²) in [4.78, 5) is 6.03. The van der Waals surface area contributed by atoms with E-state index in [-0.39, 0.29) is 12.2 Å². The van der Waals surface area contributed by atoms with Crippen LogP contribution in [0.2, 0.25) is 0 Å². The minimum atomic E-state index is -0.335. The molecule has 0 amide bonds. The van der Waals surface area contributed by atoms with Crippen molar-refractivity contribution >= 4 is 11.3 Å². The summed E-state index contributed by atoms with van der Waals surface area (Å²) < 4.78 is 6.42. The van der Waals surface area contributed by atoms with E-state index in [4.69, 9.17) is 4.74 Å². The van der Waals surface area contributed by atoms with Gasteiger partial charge in [0.15, 0.2) is 0 Å². The van der Waals surface area contributed by atoms with Crippen LogP contribution < -0.4 is 0 Å². The molecule has 1 saturated heterocycles. The molecule has 0 bridgehead atoms. The van der Waals surface area contributed by atoms with Gasteiger partial charge >= 0.3 is 0 Å². The van der Waals surface area contributed by atoms with Gasteiger partial charge in [0.25, 0.3) is 0 Å². The second kappa shape index (κ2) is 11.7. The maximum absolute atomic E-state index is 10.3. The van der Waals surface area contributed by atoms with Gasteiger partial charge in [-0.1, -0.05) is 66.2 Å². The molecule has 2 aromatic carbocycles. The number of aryl methyl sites for hydroxylation is 1. The van der Waals surface area contributed by atoms with Gasteiger partial charge in [-0.2, -0.15) is 0 Å². The molecule has 1 aliphatic rings. The fourth-order valence-corrected chi connectivity index (χ4v) is 4.96. The fraction of sp³-hybridized carbons (Fsp3) is 0.407. The summed E-state index contributed by atoms with van der Waals surface area (Å²) in [6, 6.07) is 23.2. The number of thiophene rings is 1. The zero-order valence-corrected chi connectivity index (χ0v) is 19.7. The number of hydrogen-bond donors (Lipinski definition) is 1.